The molecule has 19 heavy (non-hydrogen) atoms. The van der Waals surface area contributed by atoms with E-state index in [9.17, 15) is 13.2 Å². The van der Waals surface area contributed by atoms with Crippen molar-refractivity contribution in [3.05, 3.63) is 24.0 Å². The van der Waals surface area contributed by atoms with Gasteiger partial charge in [0.25, 0.3) is 0 Å². The molecule has 0 spiro atoms. The molecule has 2 rings (SSSR count). The van der Waals surface area contributed by atoms with Gasteiger partial charge in [-0.1, -0.05) is 0 Å². The van der Waals surface area contributed by atoms with E-state index in [1.807, 2.05) is 29.9 Å². The van der Waals surface area contributed by atoms with Crippen LogP contribution < -0.4 is 5.32 Å². The van der Waals surface area contributed by atoms with Gasteiger partial charge in [-0.25, -0.2) is 0 Å². The molecule has 1 atom stereocenters. The number of halogens is 3. The number of aryl methyl sites for hydroxylation is 1. The van der Waals surface area contributed by atoms with E-state index in [-0.39, 0.29) is 0 Å². The molecule has 1 aromatic heterocycles. The Labute approximate surface area is 111 Å². The van der Waals surface area contributed by atoms with Gasteiger partial charge in [0, 0.05) is 32.0 Å². The second-order valence-electron chi connectivity index (χ2n) is 5.25. The molecule has 1 aliphatic heterocycles. The predicted octanol–water partition coefficient (Wildman–Crippen LogP) is 2.00. The molecule has 1 fully saturated rings. The molecule has 108 valence electrons. The Morgan fingerprint density at radius 2 is 2.21 bits per heavy atom. The van der Waals surface area contributed by atoms with Crippen molar-refractivity contribution in [1.29, 1.82) is 0 Å². The molecular formula is C13H20F3N3. The summed E-state index contributed by atoms with van der Waals surface area (Å²) in [4.78, 5) is 1.49. The van der Waals surface area contributed by atoms with Crippen LogP contribution in [0, 0.1) is 5.92 Å². The van der Waals surface area contributed by atoms with Crippen LogP contribution in [0.25, 0.3) is 0 Å². The van der Waals surface area contributed by atoms with Gasteiger partial charge in [-0.3, -0.25) is 4.90 Å². The van der Waals surface area contributed by atoms with Crippen molar-refractivity contribution in [2.24, 2.45) is 13.0 Å². The van der Waals surface area contributed by atoms with Gasteiger partial charge in [-0.15, -0.1) is 0 Å². The summed E-state index contributed by atoms with van der Waals surface area (Å²) in [5.74, 6) is 0.322. The Balaban J connectivity index is 1.67. The number of aromatic nitrogens is 1. The standard InChI is InChI=1S/C13H20F3N3/c1-18-5-2-3-12(18)8-17-7-11-4-6-19(9-11)10-13(14,15)16/h2-3,5,11,17H,4,6-10H2,1H3/t11-/m1/s1. The minimum atomic E-state index is -4.08. The number of hydrogen-bond donors (Lipinski definition) is 1. The summed E-state index contributed by atoms with van der Waals surface area (Å²) in [6, 6.07) is 4.02. The van der Waals surface area contributed by atoms with E-state index in [1.165, 1.54) is 10.6 Å². The lowest BCUT2D eigenvalue weighted by atomic mass is 10.1. The Morgan fingerprint density at radius 1 is 1.42 bits per heavy atom. The fourth-order valence-corrected chi connectivity index (χ4v) is 2.56. The van der Waals surface area contributed by atoms with Gasteiger partial charge < -0.3 is 9.88 Å². The van der Waals surface area contributed by atoms with Gasteiger partial charge in [0.1, 0.15) is 0 Å². The third-order valence-electron chi connectivity index (χ3n) is 3.56. The highest BCUT2D eigenvalue weighted by molar-refractivity contribution is 5.05. The zero-order valence-corrected chi connectivity index (χ0v) is 11.1. The van der Waals surface area contributed by atoms with Gasteiger partial charge in [0.05, 0.1) is 6.54 Å². The van der Waals surface area contributed by atoms with Crippen molar-refractivity contribution in [3.63, 3.8) is 0 Å². The van der Waals surface area contributed by atoms with Crippen LogP contribution in [-0.2, 0) is 13.6 Å². The first-order valence-corrected chi connectivity index (χ1v) is 6.54. The fourth-order valence-electron chi connectivity index (χ4n) is 2.56. The maximum absolute atomic E-state index is 12.3. The maximum atomic E-state index is 12.3. The molecule has 1 N–H and O–H groups in total. The molecule has 0 saturated carbocycles. The molecule has 6 heteroatoms. The summed E-state index contributed by atoms with van der Waals surface area (Å²) < 4.78 is 38.8. The van der Waals surface area contributed by atoms with E-state index in [4.69, 9.17) is 0 Å². The minimum absolute atomic E-state index is 0.322. The molecule has 0 radical (unpaired) electrons. The Bertz CT molecular complexity index is 400. The van der Waals surface area contributed by atoms with Crippen molar-refractivity contribution >= 4 is 0 Å². The first-order chi connectivity index (χ1) is 8.94. The van der Waals surface area contributed by atoms with Crippen LogP contribution in [0.15, 0.2) is 18.3 Å². The smallest absolute Gasteiger partial charge is 0.353 e. The molecule has 0 amide bonds. The van der Waals surface area contributed by atoms with Gasteiger partial charge >= 0.3 is 6.18 Å². The molecule has 1 aliphatic rings. The van der Waals surface area contributed by atoms with E-state index < -0.39 is 12.7 Å². The summed E-state index contributed by atoms with van der Waals surface area (Å²) in [6.07, 6.45) is -1.25. The Morgan fingerprint density at radius 3 is 2.84 bits per heavy atom. The Kier molecular flexibility index (Phi) is 4.52. The number of rotatable bonds is 5. The van der Waals surface area contributed by atoms with Crippen LogP contribution in [0.5, 0.6) is 0 Å². The monoisotopic (exact) mass is 275 g/mol. The number of nitrogens with zero attached hydrogens (tertiary/aromatic N) is 2. The zero-order chi connectivity index (χ0) is 13.9. The van der Waals surface area contributed by atoms with Crippen molar-refractivity contribution in [2.45, 2.75) is 19.1 Å². The van der Waals surface area contributed by atoms with E-state index in [0.29, 0.717) is 19.0 Å². The van der Waals surface area contributed by atoms with Crippen LogP contribution in [0.3, 0.4) is 0 Å². The molecule has 1 saturated heterocycles. The SMILES string of the molecule is Cn1cccc1CNC[C@H]1CCN(CC(F)(F)F)C1. The second-order valence-corrected chi connectivity index (χ2v) is 5.25. The molecule has 2 heterocycles. The lowest BCUT2D eigenvalue weighted by Gasteiger charge is -2.18. The summed E-state index contributed by atoms with van der Waals surface area (Å²) in [5, 5.41) is 3.33. The largest absolute Gasteiger partial charge is 0.401 e. The minimum Gasteiger partial charge on any atom is -0.353 e. The van der Waals surface area contributed by atoms with E-state index in [2.05, 4.69) is 5.32 Å². The number of alkyl halides is 3. The lowest BCUT2D eigenvalue weighted by Crippen LogP contribution is -2.33. The number of likely N-dealkylation sites (tertiary alicyclic amines) is 1. The van der Waals surface area contributed by atoms with E-state index >= 15 is 0 Å². The van der Waals surface area contributed by atoms with E-state index in [1.54, 1.807) is 0 Å². The van der Waals surface area contributed by atoms with Crippen LogP contribution >= 0.6 is 0 Å². The van der Waals surface area contributed by atoms with Gasteiger partial charge in [0.15, 0.2) is 0 Å². The van der Waals surface area contributed by atoms with Crippen molar-refractivity contribution in [1.82, 2.24) is 14.8 Å². The van der Waals surface area contributed by atoms with Gasteiger partial charge in [-0.2, -0.15) is 13.2 Å². The van der Waals surface area contributed by atoms with Gasteiger partial charge in [0.2, 0.25) is 0 Å². The number of hydrogen-bond acceptors (Lipinski definition) is 2. The Hall–Kier alpha value is -1.01. The van der Waals surface area contributed by atoms with Crippen molar-refractivity contribution in [3.8, 4) is 0 Å². The normalized spacial score (nSPS) is 21.2. The maximum Gasteiger partial charge on any atom is 0.401 e. The summed E-state index contributed by atoms with van der Waals surface area (Å²) in [7, 11) is 1.98. The summed E-state index contributed by atoms with van der Waals surface area (Å²) in [6.45, 7) is 1.86. The molecule has 0 aliphatic carbocycles. The van der Waals surface area contributed by atoms with Gasteiger partial charge in [-0.05, 0) is 37.6 Å². The lowest BCUT2D eigenvalue weighted by molar-refractivity contribution is -0.143. The highest BCUT2D eigenvalue weighted by Crippen LogP contribution is 2.22. The quantitative estimate of drug-likeness (QED) is 0.887. The first-order valence-electron chi connectivity index (χ1n) is 6.54. The zero-order valence-electron chi connectivity index (χ0n) is 11.1. The summed E-state index contributed by atoms with van der Waals surface area (Å²) >= 11 is 0. The summed E-state index contributed by atoms with van der Waals surface area (Å²) in [5.41, 5.74) is 1.19. The highest BCUT2D eigenvalue weighted by atomic mass is 19.4. The molecule has 1 aromatic rings. The third-order valence-corrected chi connectivity index (χ3v) is 3.56. The van der Waals surface area contributed by atoms with Crippen LogP contribution in [0.1, 0.15) is 12.1 Å². The molecule has 0 bridgehead atoms. The number of nitrogens with one attached hydrogen (secondary N) is 1. The fraction of sp³-hybridized carbons (Fsp3) is 0.692. The average Bonchev–Trinajstić information content (AvgIpc) is 2.87. The third kappa shape index (κ3) is 4.54. The molecule has 3 nitrogen and oxygen atoms in total. The average molecular weight is 275 g/mol. The van der Waals surface area contributed by atoms with Crippen molar-refractivity contribution < 1.29 is 13.2 Å². The van der Waals surface area contributed by atoms with Crippen molar-refractivity contribution in [2.75, 3.05) is 26.2 Å². The first kappa shape index (κ1) is 14.4. The van der Waals surface area contributed by atoms with E-state index in [0.717, 1.165) is 19.5 Å². The van der Waals surface area contributed by atoms with Crippen LogP contribution in [-0.4, -0.2) is 41.8 Å². The second kappa shape index (κ2) is 5.96. The molecule has 0 unspecified atom stereocenters. The topological polar surface area (TPSA) is 20.2 Å². The molecule has 0 aromatic carbocycles. The predicted molar refractivity (Wildman–Crippen MR) is 67.7 cm³/mol. The highest BCUT2D eigenvalue weighted by Gasteiger charge is 2.34. The molecular weight excluding hydrogens is 255 g/mol. The van der Waals surface area contributed by atoms with Crippen LogP contribution in [0.2, 0.25) is 0 Å². The van der Waals surface area contributed by atoms with Crippen LogP contribution in [0.4, 0.5) is 13.2 Å².